The van der Waals surface area contributed by atoms with Gasteiger partial charge in [-0.25, -0.2) is 4.79 Å². The lowest BCUT2D eigenvalue weighted by molar-refractivity contribution is 0.410. The average Bonchev–Trinajstić information content (AvgIpc) is 2.62. The fourth-order valence-corrected chi connectivity index (χ4v) is 1.31. The van der Waals surface area contributed by atoms with Gasteiger partial charge < -0.3 is 9.15 Å². The second-order valence-electron chi connectivity index (χ2n) is 2.66. The van der Waals surface area contributed by atoms with E-state index in [2.05, 4.69) is 4.99 Å². The molecule has 1 heterocycles. The zero-order valence-corrected chi connectivity index (χ0v) is 7.48. The molecule has 0 saturated heterocycles. The van der Waals surface area contributed by atoms with Gasteiger partial charge in [-0.3, -0.25) is 0 Å². The Balaban J connectivity index is 2.75. The fourth-order valence-electron chi connectivity index (χ4n) is 1.31. The van der Waals surface area contributed by atoms with Crippen LogP contribution in [0.1, 0.15) is 0 Å². The van der Waals surface area contributed by atoms with Crippen molar-refractivity contribution in [3.8, 4) is 5.75 Å². The molecule has 0 amide bonds. The van der Waals surface area contributed by atoms with Crippen LogP contribution >= 0.6 is 0 Å². The highest BCUT2D eigenvalue weighted by molar-refractivity contribution is 5.93. The van der Waals surface area contributed by atoms with Crippen molar-refractivity contribution in [3.63, 3.8) is 0 Å². The van der Waals surface area contributed by atoms with Gasteiger partial charge >= 0.3 is 0 Å². The lowest BCUT2D eigenvalue weighted by atomic mass is 10.2. The molecule has 0 aliphatic rings. The summed E-state index contributed by atoms with van der Waals surface area (Å²) in [6.45, 7) is 0. The van der Waals surface area contributed by atoms with Crippen molar-refractivity contribution in [2.45, 2.75) is 0 Å². The van der Waals surface area contributed by atoms with E-state index >= 15 is 0 Å². The summed E-state index contributed by atoms with van der Waals surface area (Å²) in [5, 5.41) is 0.743. The summed E-state index contributed by atoms with van der Waals surface area (Å²) < 4.78 is 10.3. The van der Waals surface area contributed by atoms with E-state index in [4.69, 9.17) is 9.15 Å². The molecule has 4 nitrogen and oxygen atoms in total. The minimum atomic E-state index is 0.467. The SMILES string of the molecule is COc1cccc2c(N=C=O)coc12. The minimum absolute atomic E-state index is 0.467. The van der Waals surface area contributed by atoms with Gasteiger partial charge in [0, 0.05) is 0 Å². The number of rotatable bonds is 2. The molecule has 4 heteroatoms. The minimum Gasteiger partial charge on any atom is -0.493 e. The number of aliphatic imine (C=N–C) groups is 1. The van der Waals surface area contributed by atoms with Crippen LogP contribution in [0, 0.1) is 0 Å². The van der Waals surface area contributed by atoms with Crippen LogP contribution in [0.15, 0.2) is 33.9 Å². The predicted octanol–water partition coefficient (Wildman–Crippen LogP) is 2.41. The lowest BCUT2D eigenvalue weighted by Gasteiger charge is -1.98. The summed E-state index contributed by atoms with van der Waals surface area (Å²) in [5.74, 6) is 0.620. The molecule has 0 saturated carbocycles. The Labute approximate surface area is 79.8 Å². The van der Waals surface area contributed by atoms with Crippen LogP contribution in [0.4, 0.5) is 5.69 Å². The van der Waals surface area contributed by atoms with Crippen molar-refractivity contribution in [2.24, 2.45) is 4.99 Å². The van der Waals surface area contributed by atoms with Gasteiger partial charge in [-0.05, 0) is 12.1 Å². The molecule has 0 N–H and O–H groups in total. The van der Waals surface area contributed by atoms with Crippen LogP contribution in [0.25, 0.3) is 11.0 Å². The van der Waals surface area contributed by atoms with Crippen molar-refractivity contribution in [1.29, 1.82) is 0 Å². The number of hydrogen-bond donors (Lipinski definition) is 0. The van der Waals surface area contributed by atoms with Crippen molar-refractivity contribution < 1.29 is 13.9 Å². The number of methoxy groups -OCH3 is 1. The zero-order chi connectivity index (χ0) is 9.97. The second-order valence-corrected chi connectivity index (χ2v) is 2.66. The van der Waals surface area contributed by atoms with Crippen molar-refractivity contribution in [1.82, 2.24) is 0 Å². The van der Waals surface area contributed by atoms with E-state index in [1.54, 1.807) is 25.3 Å². The second kappa shape index (κ2) is 3.36. The Bertz CT molecular complexity index is 509. The number of ether oxygens (including phenoxy) is 1. The summed E-state index contributed by atoms with van der Waals surface area (Å²) in [4.78, 5) is 13.6. The number of benzene rings is 1. The summed E-state index contributed by atoms with van der Waals surface area (Å²) in [7, 11) is 1.56. The number of nitrogens with zero attached hydrogens (tertiary/aromatic N) is 1. The molecule has 0 fully saturated rings. The summed E-state index contributed by atoms with van der Waals surface area (Å²) in [6.07, 6.45) is 2.87. The topological polar surface area (TPSA) is 51.8 Å². The van der Waals surface area contributed by atoms with E-state index in [0.29, 0.717) is 17.0 Å². The normalized spacial score (nSPS) is 9.79. The van der Waals surface area contributed by atoms with E-state index < -0.39 is 0 Å². The Hall–Kier alpha value is -2.06. The van der Waals surface area contributed by atoms with Gasteiger partial charge in [0.05, 0.1) is 12.5 Å². The maximum absolute atomic E-state index is 10.1. The highest BCUT2D eigenvalue weighted by Gasteiger charge is 2.08. The molecule has 0 radical (unpaired) electrons. The number of para-hydroxylation sites is 1. The summed E-state index contributed by atoms with van der Waals surface area (Å²) in [5.41, 5.74) is 1.05. The molecule has 0 spiro atoms. The van der Waals surface area contributed by atoms with Crippen LogP contribution in [0.2, 0.25) is 0 Å². The maximum Gasteiger partial charge on any atom is 0.240 e. The molecule has 0 unspecified atom stereocenters. The first-order chi connectivity index (χ1) is 6.86. The van der Waals surface area contributed by atoms with Gasteiger partial charge in [-0.1, -0.05) is 6.07 Å². The Kier molecular flexibility index (Phi) is 2.05. The Morgan fingerprint density at radius 3 is 3.07 bits per heavy atom. The van der Waals surface area contributed by atoms with Gasteiger partial charge in [0.15, 0.2) is 11.3 Å². The summed E-state index contributed by atoms with van der Waals surface area (Å²) in [6, 6.07) is 5.39. The number of isocyanates is 1. The standard InChI is InChI=1S/C10H7NO3/c1-13-9-4-2-3-7-8(11-6-12)5-14-10(7)9/h2-5H,1H3. The van der Waals surface area contributed by atoms with E-state index in [1.807, 2.05) is 0 Å². The van der Waals surface area contributed by atoms with Gasteiger partial charge in [-0.15, -0.1) is 0 Å². The molecule has 0 aliphatic carbocycles. The van der Waals surface area contributed by atoms with E-state index in [-0.39, 0.29) is 0 Å². The highest BCUT2D eigenvalue weighted by Crippen LogP contribution is 2.33. The van der Waals surface area contributed by atoms with Crippen LogP contribution in [0.3, 0.4) is 0 Å². The van der Waals surface area contributed by atoms with Crippen molar-refractivity contribution >= 4 is 22.7 Å². The lowest BCUT2D eigenvalue weighted by Crippen LogP contribution is -1.81. The zero-order valence-electron chi connectivity index (χ0n) is 7.48. The van der Waals surface area contributed by atoms with Gasteiger partial charge in [0.1, 0.15) is 12.0 Å². The van der Waals surface area contributed by atoms with Crippen molar-refractivity contribution in [3.05, 3.63) is 24.5 Å². The third kappa shape index (κ3) is 1.18. The third-order valence-electron chi connectivity index (χ3n) is 1.93. The van der Waals surface area contributed by atoms with Crippen LogP contribution in [-0.4, -0.2) is 13.2 Å². The number of carbonyl (C=O) groups excluding carboxylic acids is 1. The molecule has 0 atom stereocenters. The molecular formula is C10H7NO3. The van der Waals surface area contributed by atoms with Crippen LogP contribution in [-0.2, 0) is 4.79 Å². The molecule has 0 aliphatic heterocycles. The largest absolute Gasteiger partial charge is 0.493 e. The number of furan rings is 1. The smallest absolute Gasteiger partial charge is 0.240 e. The third-order valence-corrected chi connectivity index (χ3v) is 1.93. The molecule has 70 valence electrons. The number of fused-ring (bicyclic) bond motifs is 1. The van der Waals surface area contributed by atoms with Gasteiger partial charge in [0.25, 0.3) is 0 Å². The Morgan fingerprint density at radius 2 is 2.36 bits per heavy atom. The van der Waals surface area contributed by atoms with Crippen LogP contribution in [0.5, 0.6) is 5.75 Å². The maximum atomic E-state index is 10.1. The molecule has 1 aromatic carbocycles. The van der Waals surface area contributed by atoms with Gasteiger partial charge in [-0.2, -0.15) is 4.99 Å². The number of hydrogen-bond acceptors (Lipinski definition) is 4. The van der Waals surface area contributed by atoms with Crippen molar-refractivity contribution in [2.75, 3.05) is 7.11 Å². The predicted molar refractivity (Wildman–Crippen MR) is 50.5 cm³/mol. The molecule has 2 aromatic rings. The van der Waals surface area contributed by atoms with E-state index in [1.165, 1.54) is 12.3 Å². The van der Waals surface area contributed by atoms with E-state index in [0.717, 1.165) is 5.39 Å². The molecule has 0 bridgehead atoms. The molecule has 2 rings (SSSR count). The first-order valence-corrected chi connectivity index (χ1v) is 3.99. The van der Waals surface area contributed by atoms with E-state index in [9.17, 15) is 4.79 Å². The van der Waals surface area contributed by atoms with Crippen LogP contribution < -0.4 is 4.74 Å². The Morgan fingerprint density at radius 1 is 1.50 bits per heavy atom. The molecular weight excluding hydrogens is 182 g/mol. The first-order valence-electron chi connectivity index (χ1n) is 3.99. The molecule has 14 heavy (non-hydrogen) atoms. The van der Waals surface area contributed by atoms with Gasteiger partial charge in [0.2, 0.25) is 6.08 Å². The first kappa shape index (κ1) is 8.53. The molecule has 1 aromatic heterocycles. The highest BCUT2D eigenvalue weighted by atomic mass is 16.5. The monoisotopic (exact) mass is 189 g/mol. The quantitative estimate of drug-likeness (QED) is 0.538. The summed E-state index contributed by atoms with van der Waals surface area (Å²) >= 11 is 0. The average molecular weight is 189 g/mol. The fraction of sp³-hybridized carbons (Fsp3) is 0.100.